The molecule has 0 aliphatic rings. The average molecular weight is 292 g/mol. The van der Waals surface area contributed by atoms with Crippen LogP contribution in [0.15, 0.2) is 6.20 Å². The molecule has 0 amide bonds. The van der Waals surface area contributed by atoms with Gasteiger partial charge in [-0.1, -0.05) is 41.5 Å². The van der Waals surface area contributed by atoms with Gasteiger partial charge in [-0.05, 0) is 12.8 Å². The number of nitrogens with zero attached hydrogens (tertiary/aromatic N) is 3. The first kappa shape index (κ1) is 17.9. The maximum absolute atomic E-state index is 4.81. The van der Waals surface area contributed by atoms with E-state index in [2.05, 4.69) is 56.7 Å². The molecule has 0 atom stereocenters. The molecule has 0 bridgehead atoms. The highest BCUT2D eigenvalue weighted by Gasteiger charge is 2.14. The zero-order valence-corrected chi connectivity index (χ0v) is 14.6. The van der Waals surface area contributed by atoms with E-state index < -0.39 is 0 Å². The summed E-state index contributed by atoms with van der Waals surface area (Å²) in [4.78, 5) is 11.8. The Labute approximate surface area is 130 Å². The van der Waals surface area contributed by atoms with Crippen molar-refractivity contribution < 1.29 is 0 Å². The van der Waals surface area contributed by atoms with E-state index in [0.717, 1.165) is 44.0 Å². The minimum absolute atomic E-state index is 0.364. The maximum Gasteiger partial charge on any atom is 0.131 e. The van der Waals surface area contributed by atoms with Crippen molar-refractivity contribution >= 4 is 5.69 Å². The lowest BCUT2D eigenvalue weighted by Crippen LogP contribution is -2.29. The second-order valence-corrected chi connectivity index (χ2v) is 6.24. The van der Waals surface area contributed by atoms with Gasteiger partial charge in [-0.3, -0.25) is 0 Å². The molecule has 0 aliphatic carbocycles. The molecule has 1 rings (SSSR count). The Bertz CT molecular complexity index is 409. The van der Waals surface area contributed by atoms with Gasteiger partial charge in [0.25, 0.3) is 0 Å². The lowest BCUT2D eigenvalue weighted by molar-refractivity contribution is 0.574. The number of rotatable bonds is 9. The third-order valence-corrected chi connectivity index (χ3v) is 3.39. The predicted octanol–water partition coefficient (Wildman–Crippen LogP) is 3.72. The zero-order valence-electron chi connectivity index (χ0n) is 14.6. The summed E-state index contributed by atoms with van der Waals surface area (Å²) in [5, 5.41) is 3.49. The topological polar surface area (TPSA) is 41.1 Å². The van der Waals surface area contributed by atoms with Crippen LogP contribution in [0, 0.1) is 0 Å². The monoisotopic (exact) mass is 292 g/mol. The van der Waals surface area contributed by atoms with Crippen molar-refractivity contribution in [1.82, 2.24) is 15.3 Å². The third-order valence-electron chi connectivity index (χ3n) is 3.39. The summed E-state index contributed by atoms with van der Waals surface area (Å²) in [5.74, 6) is 1.30. The van der Waals surface area contributed by atoms with Crippen LogP contribution in [0.1, 0.15) is 71.8 Å². The second kappa shape index (κ2) is 8.98. The van der Waals surface area contributed by atoms with Crippen molar-refractivity contribution in [3.8, 4) is 0 Å². The van der Waals surface area contributed by atoms with Gasteiger partial charge >= 0.3 is 0 Å². The van der Waals surface area contributed by atoms with Crippen molar-refractivity contribution in [3.63, 3.8) is 0 Å². The van der Waals surface area contributed by atoms with Crippen molar-refractivity contribution in [3.05, 3.63) is 17.7 Å². The molecule has 0 saturated heterocycles. The highest BCUT2D eigenvalue weighted by atomic mass is 15.2. The molecule has 1 aromatic rings. The number of hydrogen-bond acceptors (Lipinski definition) is 4. The average Bonchev–Trinajstić information content (AvgIpc) is 2.44. The van der Waals surface area contributed by atoms with E-state index in [4.69, 9.17) is 4.98 Å². The van der Waals surface area contributed by atoms with Crippen molar-refractivity contribution in [2.75, 3.05) is 18.0 Å². The summed E-state index contributed by atoms with van der Waals surface area (Å²) in [6, 6.07) is 0.459. The Morgan fingerprint density at radius 3 is 2.19 bits per heavy atom. The fraction of sp³-hybridized carbons (Fsp3) is 0.765. The molecule has 1 aromatic heterocycles. The SMILES string of the molecule is CCCN(CCC)c1cnc(C(C)C)nc1CNC(C)C. The Balaban J connectivity index is 3.08. The number of anilines is 1. The van der Waals surface area contributed by atoms with Gasteiger partial charge in [0.1, 0.15) is 5.82 Å². The van der Waals surface area contributed by atoms with E-state index in [1.54, 1.807) is 0 Å². The molecule has 0 aliphatic heterocycles. The Kier molecular flexibility index (Phi) is 7.65. The fourth-order valence-electron chi connectivity index (χ4n) is 2.29. The highest BCUT2D eigenvalue weighted by Crippen LogP contribution is 2.21. The molecule has 0 radical (unpaired) electrons. The number of hydrogen-bond donors (Lipinski definition) is 1. The molecule has 0 fully saturated rings. The second-order valence-electron chi connectivity index (χ2n) is 6.24. The van der Waals surface area contributed by atoms with E-state index in [1.807, 2.05) is 6.20 Å². The van der Waals surface area contributed by atoms with E-state index in [1.165, 1.54) is 5.69 Å². The lowest BCUT2D eigenvalue weighted by atomic mass is 10.2. The Morgan fingerprint density at radius 1 is 1.10 bits per heavy atom. The molecule has 21 heavy (non-hydrogen) atoms. The van der Waals surface area contributed by atoms with Crippen LogP contribution in [0.25, 0.3) is 0 Å². The molecule has 4 nitrogen and oxygen atoms in total. The van der Waals surface area contributed by atoms with Crippen LogP contribution < -0.4 is 10.2 Å². The number of aromatic nitrogens is 2. The standard InChI is InChI=1S/C17H32N4/c1-7-9-21(10-8-2)16-12-19-17(13(3)4)20-15(16)11-18-14(5)6/h12-14,18H,7-11H2,1-6H3. The van der Waals surface area contributed by atoms with Crippen LogP contribution in [-0.2, 0) is 6.54 Å². The molecular weight excluding hydrogens is 260 g/mol. The summed E-state index contributed by atoms with van der Waals surface area (Å²) in [6.45, 7) is 16.0. The van der Waals surface area contributed by atoms with Gasteiger partial charge in [-0.2, -0.15) is 0 Å². The summed E-state index contributed by atoms with van der Waals surface area (Å²) in [5.41, 5.74) is 2.32. The van der Waals surface area contributed by atoms with E-state index in [9.17, 15) is 0 Å². The van der Waals surface area contributed by atoms with Crippen molar-refractivity contribution in [2.45, 2.75) is 72.9 Å². The molecule has 1 N–H and O–H groups in total. The molecule has 0 spiro atoms. The van der Waals surface area contributed by atoms with Gasteiger partial charge in [0.2, 0.25) is 0 Å². The maximum atomic E-state index is 4.81. The van der Waals surface area contributed by atoms with Gasteiger partial charge in [-0.25, -0.2) is 9.97 Å². The first-order chi connectivity index (χ1) is 9.99. The molecular formula is C17H32N4. The molecule has 120 valence electrons. The molecule has 0 aromatic carbocycles. The van der Waals surface area contributed by atoms with E-state index in [0.29, 0.717) is 12.0 Å². The quantitative estimate of drug-likeness (QED) is 0.753. The Hall–Kier alpha value is -1.16. The molecule has 4 heteroatoms. The minimum atomic E-state index is 0.364. The first-order valence-electron chi connectivity index (χ1n) is 8.33. The first-order valence-corrected chi connectivity index (χ1v) is 8.33. The van der Waals surface area contributed by atoms with Crippen LogP contribution in [0.5, 0.6) is 0 Å². The van der Waals surface area contributed by atoms with Crippen LogP contribution in [0.3, 0.4) is 0 Å². The van der Waals surface area contributed by atoms with Gasteiger partial charge in [0.05, 0.1) is 17.6 Å². The molecule has 0 saturated carbocycles. The summed E-state index contributed by atoms with van der Waals surface area (Å²) in [6.07, 6.45) is 4.30. The van der Waals surface area contributed by atoms with Gasteiger partial charge in [0.15, 0.2) is 0 Å². The van der Waals surface area contributed by atoms with Gasteiger partial charge in [-0.15, -0.1) is 0 Å². The summed E-state index contributed by atoms with van der Waals surface area (Å²) < 4.78 is 0. The van der Waals surface area contributed by atoms with Crippen LogP contribution >= 0.6 is 0 Å². The zero-order chi connectivity index (χ0) is 15.8. The lowest BCUT2D eigenvalue weighted by Gasteiger charge is -2.26. The minimum Gasteiger partial charge on any atom is -0.369 e. The largest absolute Gasteiger partial charge is 0.369 e. The predicted molar refractivity (Wildman–Crippen MR) is 90.9 cm³/mol. The molecule has 1 heterocycles. The summed E-state index contributed by atoms with van der Waals surface area (Å²) in [7, 11) is 0. The highest BCUT2D eigenvalue weighted by molar-refractivity contribution is 5.49. The normalized spacial score (nSPS) is 11.4. The van der Waals surface area contributed by atoms with E-state index >= 15 is 0 Å². The number of nitrogens with one attached hydrogen (secondary N) is 1. The van der Waals surface area contributed by atoms with Crippen LogP contribution in [0.2, 0.25) is 0 Å². The molecule has 0 unspecified atom stereocenters. The van der Waals surface area contributed by atoms with Crippen molar-refractivity contribution in [2.24, 2.45) is 0 Å². The third kappa shape index (κ3) is 5.62. The Morgan fingerprint density at radius 2 is 1.71 bits per heavy atom. The fourth-order valence-corrected chi connectivity index (χ4v) is 2.29. The van der Waals surface area contributed by atoms with E-state index in [-0.39, 0.29) is 0 Å². The van der Waals surface area contributed by atoms with Gasteiger partial charge < -0.3 is 10.2 Å². The summed E-state index contributed by atoms with van der Waals surface area (Å²) >= 11 is 0. The van der Waals surface area contributed by atoms with Gasteiger partial charge in [0, 0.05) is 31.6 Å². The van der Waals surface area contributed by atoms with Crippen LogP contribution in [0.4, 0.5) is 5.69 Å². The van der Waals surface area contributed by atoms with Crippen molar-refractivity contribution in [1.29, 1.82) is 0 Å². The smallest absolute Gasteiger partial charge is 0.131 e. The van der Waals surface area contributed by atoms with Crippen LogP contribution in [-0.4, -0.2) is 29.1 Å².